The van der Waals surface area contributed by atoms with Gasteiger partial charge in [-0.1, -0.05) is 16.9 Å². The first-order chi connectivity index (χ1) is 19.9. The Labute approximate surface area is 249 Å². The highest BCUT2D eigenvalue weighted by molar-refractivity contribution is 8.01. The maximum atomic E-state index is 13.6. The number of nitrogens with one attached hydrogen (secondary N) is 3. The number of aliphatic carboxylic acids is 1. The van der Waals surface area contributed by atoms with E-state index in [1.165, 1.54) is 19.6 Å². The lowest BCUT2D eigenvalue weighted by Gasteiger charge is -2.56. The van der Waals surface area contributed by atoms with Gasteiger partial charge in [0, 0.05) is 30.0 Å². The van der Waals surface area contributed by atoms with Crippen molar-refractivity contribution in [1.82, 2.24) is 40.5 Å². The van der Waals surface area contributed by atoms with E-state index in [-0.39, 0.29) is 52.5 Å². The number of rotatable bonds is 14. The van der Waals surface area contributed by atoms with Crippen LogP contribution < -0.4 is 15.8 Å². The molecule has 2 aromatic rings. The van der Waals surface area contributed by atoms with Gasteiger partial charge in [-0.05, 0) is 23.6 Å². The number of aromatic nitrogens is 5. The summed E-state index contributed by atoms with van der Waals surface area (Å²) in [4.78, 5) is 49.2. The SMILES string of the molecule is CON=C(C(=O)N[C@]1(OC)C(=O)N2C(C(=O)O)=C(C(CCCNS(=O)(=O)O)Sc3nn[nH]n3)CS[C@H]21)c1csc(N)n1. The summed E-state index contributed by atoms with van der Waals surface area (Å²) in [5.41, 5.74) is 3.54. The van der Waals surface area contributed by atoms with Crippen LogP contribution in [0.1, 0.15) is 18.5 Å². The van der Waals surface area contributed by atoms with Gasteiger partial charge < -0.3 is 25.7 Å². The topological polar surface area (TPSA) is 277 Å². The second-order valence-corrected chi connectivity index (χ2v) is 12.8. The number of carboxylic acid groups (broad SMARTS) is 1. The number of anilines is 1. The molecular formula is C19H24N10O9S4. The van der Waals surface area contributed by atoms with Crippen LogP contribution in [0.25, 0.3) is 0 Å². The first-order valence-electron chi connectivity index (χ1n) is 11.7. The highest BCUT2D eigenvalue weighted by Gasteiger charge is 2.67. The van der Waals surface area contributed by atoms with Gasteiger partial charge in [-0.3, -0.25) is 19.0 Å². The number of methoxy groups -OCH3 is 1. The quantitative estimate of drug-likeness (QED) is 0.0258. The number of carboxylic acids is 1. The zero-order valence-electron chi connectivity index (χ0n) is 21.7. The minimum absolute atomic E-state index is 0.0833. The van der Waals surface area contributed by atoms with E-state index in [2.05, 4.69) is 36.1 Å². The van der Waals surface area contributed by atoms with E-state index < -0.39 is 44.4 Å². The van der Waals surface area contributed by atoms with Gasteiger partial charge in [-0.15, -0.1) is 33.3 Å². The fourth-order valence-corrected chi connectivity index (χ4v) is 7.82. The Morgan fingerprint density at radius 3 is 2.76 bits per heavy atom. The summed E-state index contributed by atoms with van der Waals surface area (Å²) in [6.07, 6.45) is 0.398. The number of aromatic amines is 1. The van der Waals surface area contributed by atoms with Crippen LogP contribution in [0.3, 0.4) is 0 Å². The molecule has 0 saturated carbocycles. The van der Waals surface area contributed by atoms with Crippen LogP contribution in [-0.4, -0.2) is 115 Å². The number of H-pyrrole nitrogens is 1. The van der Waals surface area contributed by atoms with E-state index in [1.54, 1.807) is 0 Å². The second kappa shape index (κ2) is 12.9. The number of fused-ring (bicyclic) bond motifs is 1. The van der Waals surface area contributed by atoms with Gasteiger partial charge in [0.1, 0.15) is 23.9 Å². The third kappa shape index (κ3) is 6.50. The van der Waals surface area contributed by atoms with Gasteiger partial charge in [0.2, 0.25) is 5.16 Å². The van der Waals surface area contributed by atoms with Crippen LogP contribution >= 0.6 is 34.9 Å². The van der Waals surface area contributed by atoms with Crippen LogP contribution in [0.4, 0.5) is 5.13 Å². The lowest BCUT2D eigenvalue weighted by atomic mass is 9.96. The summed E-state index contributed by atoms with van der Waals surface area (Å²) >= 11 is 3.26. The highest BCUT2D eigenvalue weighted by Crippen LogP contribution is 2.49. The predicted octanol–water partition coefficient (Wildman–Crippen LogP) is -1.36. The fraction of sp³-hybridized carbons (Fsp3) is 0.474. The molecule has 2 amide bonds. The van der Waals surface area contributed by atoms with Crippen molar-refractivity contribution < 1.29 is 42.0 Å². The van der Waals surface area contributed by atoms with E-state index in [4.69, 9.17) is 19.9 Å². The Bertz CT molecular complexity index is 1510. The van der Waals surface area contributed by atoms with E-state index in [9.17, 15) is 27.9 Å². The molecule has 3 atom stereocenters. The van der Waals surface area contributed by atoms with Crippen molar-refractivity contribution in [2.45, 2.75) is 34.3 Å². The van der Waals surface area contributed by atoms with Crippen molar-refractivity contribution >= 4 is 73.8 Å². The van der Waals surface area contributed by atoms with Gasteiger partial charge in [0.05, 0.1) is 0 Å². The smallest absolute Gasteiger partial charge is 0.352 e. The first-order valence-corrected chi connectivity index (χ1v) is 15.9. The van der Waals surface area contributed by atoms with E-state index >= 15 is 0 Å². The molecule has 4 heterocycles. The average molecular weight is 665 g/mol. The molecule has 7 N–H and O–H groups in total. The standard InChI is InChI=1S/C19H24N10O9S4/c1-37-19(23-13(30)11(26-38-2)9-7-40-17(20)22-9)15(33)29-12(14(31)32)8(6-39-16(19)29)10(41-18-24-27-28-25-18)4-3-5-21-42(34,35)36/h7,10,16,21H,3-6H2,1-2H3,(H2,20,22)(H,23,30)(H,31,32)(H,34,35,36)(H,24,25,27,28)/t10?,16-,19-/m0/s1. The number of hydrogen-bond acceptors (Lipinski definition) is 16. The van der Waals surface area contributed by atoms with Gasteiger partial charge in [-0.2, -0.15) is 18.4 Å². The number of oxime groups is 1. The Morgan fingerprint density at radius 1 is 1.43 bits per heavy atom. The largest absolute Gasteiger partial charge is 0.477 e. The van der Waals surface area contributed by atoms with Crippen molar-refractivity contribution in [2.75, 3.05) is 32.3 Å². The van der Waals surface area contributed by atoms with Crippen molar-refractivity contribution in [3.63, 3.8) is 0 Å². The Morgan fingerprint density at radius 2 is 2.19 bits per heavy atom. The summed E-state index contributed by atoms with van der Waals surface area (Å²) in [6, 6.07) is 0. The molecule has 2 aliphatic heterocycles. The third-order valence-corrected chi connectivity index (χ3v) is 9.70. The minimum atomic E-state index is -4.42. The highest BCUT2D eigenvalue weighted by atomic mass is 32.2. The van der Waals surface area contributed by atoms with Gasteiger partial charge in [0.25, 0.3) is 17.5 Å². The number of carbonyl (C=O) groups is 3. The van der Waals surface area contributed by atoms with E-state index in [0.29, 0.717) is 5.57 Å². The van der Waals surface area contributed by atoms with Crippen molar-refractivity contribution in [1.29, 1.82) is 0 Å². The lowest BCUT2D eigenvalue weighted by molar-refractivity contribution is -0.191. The number of tetrazole rings is 1. The van der Waals surface area contributed by atoms with E-state index in [1.807, 2.05) is 4.72 Å². The zero-order valence-corrected chi connectivity index (χ0v) is 25.0. The molecule has 19 nitrogen and oxygen atoms in total. The van der Waals surface area contributed by atoms with Crippen molar-refractivity contribution in [3.8, 4) is 0 Å². The van der Waals surface area contributed by atoms with Gasteiger partial charge in [0.15, 0.2) is 10.8 Å². The normalized spacial score (nSPS) is 21.5. The molecule has 2 aromatic heterocycles. The Hall–Kier alpha value is -3.35. The first kappa shape index (κ1) is 31.6. The summed E-state index contributed by atoms with van der Waals surface area (Å²) in [7, 11) is -2.01. The number of thioether (sulfide) groups is 2. The molecule has 1 saturated heterocycles. The molecule has 0 spiro atoms. The number of β-lactam (4-membered cyclic amide) rings is 1. The van der Waals surface area contributed by atoms with Crippen LogP contribution in [0.5, 0.6) is 0 Å². The lowest BCUT2D eigenvalue weighted by Crippen LogP contribution is -2.81. The van der Waals surface area contributed by atoms with Crippen molar-refractivity contribution in [2.24, 2.45) is 5.16 Å². The van der Waals surface area contributed by atoms with Crippen molar-refractivity contribution in [3.05, 3.63) is 22.3 Å². The number of thiazole rings is 1. The maximum Gasteiger partial charge on any atom is 0.352 e. The molecule has 23 heteroatoms. The monoisotopic (exact) mass is 664 g/mol. The second-order valence-electron chi connectivity index (χ2n) is 8.42. The number of amides is 2. The molecule has 228 valence electrons. The summed E-state index contributed by atoms with van der Waals surface area (Å²) in [5, 5.41) is 30.2. The number of ether oxygens (including phenoxy) is 1. The summed E-state index contributed by atoms with van der Waals surface area (Å²) < 4.78 is 38.5. The number of nitrogens with two attached hydrogens (primary N) is 1. The Balaban J connectivity index is 1.62. The van der Waals surface area contributed by atoms with Gasteiger partial charge in [-0.25, -0.2) is 9.78 Å². The molecule has 1 fully saturated rings. The number of hydrogen-bond donors (Lipinski definition) is 6. The van der Waals surface area contributed by atoms with Crippen LogP contribution in [0, 0.1) is 0 Å². The van der Waals surface area contributed by atoms with Crippen LogP contribution in [0.2, 0.25) is 0 Å². The molecule has 0 radical (unpaired) electrons. The molecule has 0 aromatic carbocycles. The van der Waals surface area contributed by atoms with E-state index in [0.717, 1.165) is 39.8 Å². The summed E-state index contributed by atoms with van der Waals surface area (Å²) in [6.45, 7) is -0.134. The predicted molar refractivity (Wildman–Crippen MR) is 148 cm³/mol. The molecule has 4 rings (SSSR count). The van der Waals surface area contributed by atoms with Crippen LogP contribution in [-0.2, 0) is 34.3 Å². The summed E-state index contributed by atoms with van der Waals surface area (Å²) in [5.74, 6) is -3.05. The minimum Gasteiger partial charge on any atom is -0.477 e. The Kier molecular flexibility index (Phi) is 9.69. The number of nitrogens with zero attached hydrogens (tertiary/aromatic N) is 6. The van der Waals surface area contributed by atoms with Gasteiger partial charge >= 0.3 is 16.3 Å². The third-order valence-electron chi connectivity index (χ3n) is 5.94. The molecular weight excluding hydrogens is 641 g/mol. The number of carbonyl (C=O) groups excluding carboxylic acids is 2. The zero-order chi connectivity index (χ0) is 30.7. The molecule has 0 bridgehead atoms. The number of nitrogen functional groups attached to an aromatic ring is 1. The molecule has 0 aliphatic carbocycles. The van der Waals surface area contributed by atoms with Crippen LogP contribution in [0.15, 0.2) is 27.0 Å². The maximum absolute atomic E-state index is 13.6. The molecule has 42 heavy (non-hydrogen) atoms. The average Bonchev–Trinajstić information content (AvgIpc) is 3.61. The molecule has 1 unspecified atom stereocenters. The molecule has 2 aliphatic rings. The fourth-order valence-electron chi connectivity index (χ4n) is 4.19.